The second-order valence-corrected chi connectivity index (χ2v) is 9.02. The van der Waals surface area contributed by atoms with Crippen LogP contribution in [0.25, 0.3) is 5.69 Å². The highest BCUT2D eigenvalue weighted by Gasteiger charge is 2.45. The van der Waals surface area contributed by atoms with Crippen molar-refractivity contribution in [3.63, 3.8) is 0 Å². The molecule has 0 aliphatic carbocycles. The van der Waals surface area contributed by atoms with Crippen molar-refractivity contribution in [3.8, 4) is 5.69 Å². The van der Waals surface area contributed by atoms with E-state index in [2.05, 4.69) is 64.2 Å². The molecular weight excluding hydrogens is 398 g/mol. The second kappa shape index (κ2) is 9.57. The molecular formula is C27H33N3O2. The van der Waals surface area contributed by atoms with Crippen molar-refractivity contribution in [3.05, 3.63) is 83.7 Å². The van der Waals surface area contributed by atoms with Crippen LogP contribution in [0.1, 0.15) is 42.5 Å². The lowest BCUT2D eigenvalue weighted by molar-refractivity contribution is -0.227. The normalized spacial score (nSPS) is 20.3. The summed E-state index contributed by atoms with van der Waals surface area (Å²) in [4.78, 5) is 2.59. The predicted octanol–water partition coefficient (Wildman–Crippen LogP) is 4.73. The Labute approximate surface area is 191 Å². The number of fused-ring (bicyclic) bond motifs is 2. The van der Waals surface area contributed by atoms with Gasteiger partial charge in [-0.3, -0.25) is 0 Å². The summed E-state index contributed by atoms with van der Waals surface area (Å²) in [5.41, 5.74) is 4.72. The Morgan fingerprint density at radius 2 is 1.72 bits per heavy atom. The molecule has 5 nitrogen and oxygen atoms in total. The van der Waals surface area contributed by atoms with Gasteiger partial charge < -0.3 is 14.4 Å². The van der Waals surface area contributed by atoms with Gasteiger partial charge >= 0.3 is 0 Å². The largest absolute Gasteiger partial charge is 0.355 e. The number of hydrogen-bond acceptors (Lipinski definition) is 4. The fraction of sp³-hybridized carbons (Fsp3) is 0.444. The summed E-state index contributed by atoms with van der Waals surface area (Å²) in [6.45, 7) is 3.27. The van der Waals surface area contributed by atoms with Crippen LogP contribution in [0.4, 0.5) is 0 Å². The Morgan fingerprint density at radius 1 is 1.00 bits per heavy atom. The predicted molar refractivity (Wildman–Crippen MR) is 126 cm³/mol. The van der Waals surface area contributed by atoms with E-state index < -0.39 is 0 Å². The van der Waals surface area contributed by atoms with Crippen molar-refractivity contribution in [1.29, 1.82) is 0 Å². The quantitative estimate of drug-likeness (QED) is 0.507. The smallest absolute Gasteiger partial charge is 0.163 e. The van der Waals surface area contributed by atoms with Crippen LogP contribution in [0, 0.1) is 0 Å². The van der Waals surface area contributed by atoms with E-state index in [0.29, 0.717) is 0 Å². The monoisotopic (exact) mass is 431 g/mol. The van der Waals surface area contributed by atoms with Crippen LogP contribution in [0.2, 0.25) is 0 Å². The van der Waals surface area contributed by atoms with Crippen LogP contribution < -0.4 is 0 Å². The van der Waals surface area contributed by atoms with Gasteiger partial charge in [-0.25, -0.2) is 4.68 Å². The van der Waals surface area contributed by atoms with Gasteiger partial charge in [0.15, 0.2) is 6.29 Å². The zero-order valence-electron chi connectivity index (χ0n) is 19.0. The molecule has 0 radical (unpaired) electrons. The molecule has 5 rings (SSSR count). The Morgan fingerprint density at radius 3 is 2.44 bits per heavy atom. The molecule has 0 N–H and O–H groups in total. The van der Waals surface area contributed by atoms with Crippen LogP contribution in [0.3, 0.4) is 0 Å². The molecule has 2 aromatic carbocycles. The number of unbranched alkanes of at least 4 members (excludes halogenated alkanes) is 1. The standard InChI is InChI=1S/C27H33N3O2/c1-31-26-20-25-24(21-28-30(25)23-13-6-3-7-14-23)27(32-26)15-18-29(19-16-27)17-9-8-12-22-10-4-2-5-11-22/h2-7,10-11,13-14,21,26H,8-9,12,15-20H2,1H3. The van der Waals surface area contributed by atoms with Crippen LogP contribution in [-0.4, -0.2) is 47.7 Å². The number of aromatic nitrogens is 2. The lowest BCUT2D eigenvalue weighted by atomic mass is 9.82. The minimum atomic E-state index is -0.290. The number of ether oxygens (including phenoxy) is 2. The van der Waals surface area contributed by atoms with Crippen molar-refractivity contribution in [2.75, 3.05) is 26.7 Å². The number of methoxy groups -OCH3 is 1. The Hall–Kier alpha value is -2.47. The summed E-state index contributed by atoms with van der Waals surface area (Å²) in [6, 6.07) is 21.2. The summed E-state index contributed by atoms with van der Waals surface area (Å²) in [5, 5.41) is 4.76. The average Bonchev–Trinajstić information content (AvgIpc) is 3.29. The number of aryl methyl sites for hydroxylation is 1. The van der Waals surface area contributed by atoms with Gasteiger partial charge in [-0.05, 0) is 56.3 Å². The molecule has 2 aliphatic heterocycles. The number of rotatable bonds is 7. The van der Waals surface area contributed by atoms with E-state index in [1.807, 2.05) is 12.3 Å². The van der Waals surface area contributed by atoms with Crippen LogP contribution >= 0.6 is 0 Å². The third-order valence-corrected chi connectivity index (χ3v) is 7.04. The molecule has 3 aromatic rings. The number of nitrogens with zero attached hydrogens (tertiary/aromatic N) is 3. The molecule has 0 amide bonds. The van der Waals surface area contributed by atoms with E-state index in [4.69, 9.17) is 14.6 Å². The maximum atomic E-state index is 6.57. The van der Waals surface area contributed by atoms with E-state index in [0.717, 1.165) is 44.6 Å². The van der Waals surface area contributed by atoms with Crippen LogP contribution in [0.5, 0.6) is 0 Å². The maximum Gasteiger partial charge on any atom is 0.163 e. The topological polar surface area (TPSA) is 39.5 Å². The molecule has 0 saturated carbocycles. The zero-order chi connectivity index (χ0) is 21.8. The van der Waals surface area contributed by atoms with Gasteiger partial charge in [0.25, 0.3) is 0 Å². The second-order valence-electron chi connectivity index (χ2n) is 9.02. The number of hydrogen-bond donors (Lipinski definition) is 0. The van der Waals surface area contributed by atoms with Gasteiger partial charge in [-0.15, -0.1) is 0 Å². The third-order valence-electron chi connectivity index (χ3n) is 7.04. The minimum absolute atomic E-state index is 0.223. The van der Waals surface area contributed by atoms with Crippen molar-refractivity contribution < 1.29 is 9.47 Å². The fourth-order valence-electron chi connectivity index (χ4n) is 5.22. The molecule has 2 aliphatic rings. The molecule has 1 unspecified atom stereocenters. The zero-order valence-corrected chi connectivity index (χ0v) is 19.0. The molecule has 32 heavy (non-hydrogen) atoms. The van der Waals surface area contributed by atoms with E-state index in [-0.39, 0.29) is 11.9 Å². The first-order valence-corrected chi connectivity index (χ1v) is 11.9. The lowest BCUT2D eigenvalue weighted by Gasteiger charge is -2.45. The molecule has 0 bridgehead atoms. The highest BCUT2D eigenvalue weighted by molar-refractivity contribution is 5.38. The average molecular weight is 432 g/mol. The van der Waals surface area contributed by atoms with E-state index >= 15 is 0 Å². The van der Waals surface area contributed by atoms with Crippen LogP contribution in [0.15, 0.2) is 66.9 Å². The van der Waals surface area contributed by atoms with Gasteiger partial charge in [0.2, 0.25) is 0 Å². The first-order valence-electron chi connectivity index (χ1n) is 11.9. The Bertz CT molecular complexity index is 994. The first-order chi connectivity index (χ1) is 15.8. The van der Waals surface area contributed by atoms with Gasteiger partial charge in [-0.1, -0.05) is 48.5 Å². The molecule has 3 heterocycles. The summed E-state index contributed by atoms with van der Waals surface area (Å²) >= 11 is 0. The lowest BCUT2D eigenvalue weighted by Crippen LogP contribution is -2.49. The summed E-state index contributed by atoms with van der Waals surface area (Å²) in [6.07, 6.45) is 8.15. The van der Waals surface area contributed by atoms with Gasteiger partial charge in [-0.2, -0.15) is 5.10 Å². The molecule has 1 spiro atoms. The van der Waals surface area contributed by atoms with E-state index in [1.54, 1.807) is 7.11 Å². The number of benzene rings is 2. The molecule has 5 heteroatoms. The first kappa shape index (κ1) is 21.4. The molecule has 1 saturated heterocycles. The van der Waals surface area contributed by atoms with E-state index in [9.17, 15) is 0 Å². The number of piperidine rings is 1. The number of likely N-dealkylation sites (tertiary alicyclic amines) is 1. The third kappa shape index (κ3) is 4.38. The molecule has 168 valence electrons. The van der Waals surface area contributed by atoms with Gasteiger partial charge in [0.05, 0.1) is 17.6 Å². The summed E-state index contributed by atoms with van der Waals surface area (Å²) in [5.74, 6) is 0. The fourth-order valence-corrected chi connectivity index (χ4v) is 5.22. The summed E-state index contributed by atoms with van der Waals surface area (Å²) in [7, 11) is 1.74. The van der Waals surface area contributed by atoms with Crippen molar-refractivity contribution in [1.82, 2.24) is 14.7 Å². The molecule has 1 atom stereocenters. The highest BCUT2D eigenvalue weighted by atomic mass is 16.7. The van der Waals surface area contributed by atoms with Crippen molar-refractivity contribution in [2.45, 2.75) is 50.4 Å². The van der Waals surface area contributed by atoms with Gasteiger partial charge in [0, 0.05) is 32.2 Å². The summed E-state index contributed by atoms with van der Waals surface area (Å²) < 4.78 is 14.3. The Balaban J connectivity index is 1.24. The van der Waals surface area contributed by atoms with E-state index in [1.165, 1.54) is 36.1 Å². The Kier molecular flexibility index (Phi) is 6.39. The minimum Gasteiger partial charge on any atom is -0.355 e. The van der Waals surface area contributed by atoms with Crippen molar-refractivity contribution >= 4 is 0 Å². The molecule has 1 fully saturated rings. The van der Waals surface area contributed by atoms with Gasteiger partial charge in [0.1, 0.15) is 5.60 Å². The number of para-hydroxylation sites is 1. The SMILES string of the molecule is COC1Cc2c(cnn2-c2ccccc2)C2(CCN(CCCCc3ccccc3)CC2)O1. The van der Waals surface area contributed by atoms with Crippen molar-refractivity contribution in [2.24, 2.45) is 0 Å². The van der Waals surface area contributed by atoms with Crippen LogP contribution in [-0.2, 0) is 27.9 Å². The molecule has 1 aromatic heterocycles. The maximum absolute atomic E-state index is 6.57. The highest BCUT2D eigenvalue weighted by Crippen LogP contribution is 2.44.